The molecule has 3 nitrogen and oxygen atoms in total. The zero-order chi connectivity index (χ0) is 10.7. The van der Waals surface area contributed by atoms with E-state index in [4.69, 9.17) is 5.73 Å². The molecule has 1 aromatic heterocycles. The molecule has 1 aliphatic rings. The van der Waals surface area contributed by atoms with Gasteiger partial charge in [0.05, 0.1) is 5.69 Å². The standard InChI is InChI=1S/C12H19N3/c1-10-5-7-15(9-12(10)13)8-11-4-2-3-6-14-11/h2-4,6,10,12H,5,7-9,13H2,1H3. The molecule has 0 saturated carbocycles. The quantitative estimate of drug-likeness (QED) is 0.790. The van der Waals surface area contributed by atoms with Gasteiger partial charge in [0.25, 0.3) is 0 Å². The number of piperidine rings is 1. The lowest BCUT2D eigenvalue weighted by atomic mass is 9.94. The Hall–Kier alpha value is -0.930. The molecule has 2 unspecified atom stereocenters. The Bertz CT molecular complexity index is 299. The third kappa shape index (κ3) is 2.76. The molecule has 1 saturated heterocycles. The minimum absolute atomic E-state index is 0.322. The molecule has 0 spiro atoms. The highest BCUT2D eigenvalue weighted by Crippen LogP contribution is 2.16. The number of pyridine rings is 1. The Morgan fingerprint density at radius 1 is 1.53 bits per heavy atom. The van der Waals surface area contributed by atoms with Crippen molar-refractivity contribution in [1.82, 2.24) is 9.88 Å². The predicted octanol–water partition coefficient (Wildman–Crippen LogP) is 1.25. The van der Waals surface area contributed by atoms with Gasteiger partial charge in [0, 0.05) is 25.3 Å². The molecule has 2 rings (SSSR count). The van der Waals surface area contributed by atoms with Crippen LogP contribution < -0.4 is 5.73 Å². The average molecular weight is 205 g/mol. The van der Waals surface area contributed by atoms with Crippen LogP contribution in [0.3, 0.4) is 0 Å². The molecule has 2 atom stereocenters. The molecule has 15 heavy (non-hydrogen) atoms. The summed E-state index contributed by atoms with van der Waals surface area (Å²) in [5.41, 5.74) is 7.20. The van der Waals surface area contributed by atoms with Crippen LogP contribution in [-0.2, 0) is 6.54 Å². The van der Waals surface area contributed by atoms with E-state index in [0.717, 1.165) is 25.3 Å². The van der Waals surface area contributed by atoms with Gasteiger partial charge in [-0.25, -0.2) is 0 Å². The summed E-state index contributed by atoms with van der Waals surface area (Å²) in [5.74, 6) is 0.657. The lowest BCUT2D eigenvalue weighted by molar-refractivity contribution is 0.160. The number of likely N-dealkylation sites (tertiary alicyclic amines) is 1. The normalized spacial score (nSPS) is 27.9. The fourth-order valence-electron chi connectivity index (χ4n) is 2.03. The van der Waals surface area contributed by atoms with E-state index in [1.54, 1.807) is 0 Å². The second-order valence-electron chi connectivity index (χ2n) is 4.49. The second kappa shape index (κ2) is 4.73. The van der Waals surface area contributed by atoms with Gasteiger partial charge in [-0.1, -0.05) is 13.0 Å². The molecule has 0 amide bonds. The maximum absolute atomic E-state index is 6.06. The Labute approximate surface area is 91.3 Å². The Balaban J connectivity index is 1.91. The zero-order valence-electron chi connectivity index (χ0n) is 9.26. The maximum Gasteiger partial charge on any atom is 0.0543 e. The van der Waals surface area contributed by atoms with Crippen molar-refractivity contribution in [2.45, 2.75) is 25.9 Å². The molecule has 1 fully saturated rings. The van der Waals surface area contributed by atoms with Gasteiger partial charge in [0.1, 0.15) is 0 Å². The second-order valence-corrected chi connectivity index (χ2v) is 4.49. The molecule has 0 aromatic carbocycles. The summed E-state index contributed by atoms with van der Waals surface area (Å²) >= 11 is 0. The van der Waals surface area contributed by atoms with Gasteiger partial charge in [-0.3, -0.25) is 9.88 Å². The van der Waals surface area contributed by atoms with Crippen LogP contribution in [0.5, 0.6) is 0 Å². The molecule has 2 N–H and O–H groups in total. The topological polar surface area (TPSA) is 42.2 Å². The van der Waals surface area contributed by atoms with Crippen LogP contribution in [0.25, 0.3) is 0 Å². The van der Waals surface area contributed by atoms with Gasteiger partial charge < -0.3 is 5.73 Å². The van der Waals surface area contributed by atoms with E-state index in [-0.39, 0.29) is 0 Å². The van der Waals surface area contributed by atoms with E-state index in [1.165, 1.54) is 6.42 Å². The van der Waals surface area contributed by atoms with Gasteiger partial charge in [0.15, 0.2) is 0 Å². The average Bonchev–Trinajstić information content (AvgIpc) is 2.25. The van der Waals surface area contributed by atoms with Crippen molar-refractivity contribution in [3.05, 3.63) is 30.1 Å². The van der Waals surface area contributed by atoms with Gasteiger partial charge in [0.2, 0.25) is 0 Å². The van der Waals surface area contributed by atoms with Crippen molar-refractivity contribution in [1.29, 1.82) is 0 Å². The highest BCUT2D eigenvalue weighted by Gasteiger charge is 2.22. The van der Waals surface area contributed by atoms with Crippen molar-refractivity contribution < 1.29 is 0 Å². The summed E-state index contributed by atoms with van der Waals surface area (Å²) in [4.78, 5) is 6.73. The van der Waals surface area contributed by atoms with Crippen molar-refractivity contribution in [2.75, 3.05) is 13.1 Å². The van der Waals surface area contributed by atoms with Gasteiger partial charge in [-0.2, -0.15) is 0 Å². The first-order chi connectivity index (χ1) is 7.25. The van der Waals surface area contributed by atoms with Gasteiger partial charge in [-0.05, 0) is 31.0 Å². The number of nitrogens with zero attached hydrogens (tertiary/aromatic N) is 2. The van der Waals surface area contributed by atoms with Crippen LogP contribution in [0.15, 0.2) is 24.4 Å². The van der Waals surface area contributed by atoms with Crippen LogP contribution in [0.4, 0.5) is 0 Å². The molecule has 3 heteroatoms. The van der Waals surface area contributed by atoms with E-state index in [2.05, 4.69) is 22.9 Å². The number of rotatable bonds is 2. The minimum Gasteiger partial charge on any atom is -0.326 e. The van der Waals surface area contributed by atoms with Crippen LogP contribution >= 0.6 is 0 Å². The lowest BCUT2D eigenvalue weighted by Crippen LogP contribution is -2.47. The summed E-state index contributed by atoms with van der Waals surface area (Å²) in [5, 5.41) is 0. The summed E-state index contributed by atoms with van der Waals surface area (Å²) < 4.78 is 0. The highest BCUT2D eigenvalue weighted by atomic mass is 15.2. The Morgan fingerprint density at radius 2 is 2.40 bits per heavy atom. The van der Waals surface area contributed by atoms with Crippen LogP contribution in [0.2, 0.25) is 0 Å². The SMILES string of the molecule is CC1CCN(Cc2ccccn2)CC1N. The largest absolute Gasteiger partial charge is 0.326 e. The third-order valence-corrected chi connectivity index (χ3v) is 3.21. The van der Waals surface area contributed by atoms with Gasteiger partial charge in [-0.15, -0.1) is 0 Å². The summed E-state index contributed by atoms with van der Waals surface area (Å²) in [6, 6.07) is 6.38. The molecule has 0 radical (unpaired) electrons. The zero-order valence-corrected chi connectivity index (χ0v) is 9.26. The van der Waals surface area contributed by atoms with Crippen LogP contribution in [-0.4, -0.2) is 29.0 Å². The van der Waals surface area contributed by atoms with Crippen molar-refractivity contribution in [3.8, 4) is 0 Å². The summed E-state index contributed by atoms with van der Waals surface area (Å²) in [7, 11) is 0. The van der Waals surface area contributed by atoms with Crippen molar-refractivity contribution in [2.24, 2.45) is 11.7 Å². The van der Waals surface area contributed by atoms with Crippen molar-refractivity contribution >= 4 is 0 Å². The Morgan fingerprint density at radius 3 is 3.07 bits per heavy atom. The number of hydrogen-bond acceptors (Lipinski definition) is 3. The first-order valence-corrected chi connectivity index (χ1v) is 5.63. The number of hydrogen-bond donors (Lipinski definition) is 1. The highest BCUT2D eigenvalue weighted by molar-refractivity contribution is 5.03. The molecule has 1 aromatic rings. The first-order valence-electron chi connectivity index (χ1n) is 5.63. The van der Waals surface area contributed by atoms with Crippen molar-refractivity contribution in [3.63, 3.8) is 0 Å². The molecule has 0 aliphatic carbocycles. The number of nitrogens with two attached hydrogens (primary N) is 1. The van der Waals surface area contributed by atoms with E-state index < -0.39 is 0 Å². The minimum atomic E-state index is 0.322. The lowest BCUT2D eigenvalue weighted by Gasteiger charge is -2.34. The Kier molecular flexibility index (Phi) is 3.34. The number of aromatic nitrogens is 1. The molecular formula is C12H19N3. The molecule has 1 aliphatic heterocycles. The summed E-state index contributed by atoms with van der Waals surface area (Å²) in [6.07, 6.45) is 3.05. The third-order valence-electron chi connectivity index (χ3n) is 3.21. The predicted molar refractivity (Wildman–Crippen MR) is 61.3 cm³/mol. The van der Waals surface area contributed by atoms with E-state index in [9.17, 15) is 0 Å². The maximum atomic E-state index is 6.06. The first kappa shape index (κ1) is 10.6. The van der Waals surface area contributed by atoms with E-state index in [0.29, 0.717) is 12.0 Å². The smallest absolute Gasteiger partial charge is 0.0543 e. The molecule has 2 heterocycles. The van der Waals surface area contributed by atoms with Gasteiger partial charge >= 0.3 is 0 Å². The summed E-state index contributed by atoms with van der Waals surface area (Å²) in [6.45, 7) is 5.31. The van der Waals surface area contributed by atoms with Crippen LogP contribution in [0.1, 0.15) is 19.0 Å². The fraction of sp³-hybridized carbons (Fsp3) is 0.583. The molecular weight excluding hydrogens is 186 g/mol. The van der Waals surface area contributed by atoms with E-state index >= 15 is 0 Å². The van der Waals surface area contributed by atoms with E-state index in [1.807, 2.05) is 18.3 Å². The molecule has 82 valence electrons. The fourth-order valence-corrected chi connectivity index (χ4v) is 2.03. The monoisotopic (exact) mass is 205 g/mol. The molecule has 0 bridgehead atoms. The van der Waals surface area contributed by atoms with Crippen LogP contribution in [0, 0.1) is 5.92 Å².